The highest BCUT2D eigenvalue weighted by Gasteiger charge is 2.35. The third-order valence-corrected chi connectivity index (χ3v) is 4.44. The van der Waals surface area contributed by atoms with Gasteiger partial charge in [0.15, 0.2) is 0 Å². The van der Waals surface area contributed by atoms with Crippen LogP contribution in [0.5, 0.6) is 0 Å². The summed E-state index contributed by atoms with van der Waals surface area (Å²) in [4.78, 5) is 24.9. The van der Waals surface area contributed by atoms with Crippen LogP contribution in [0.2, 0.25) is 0 Å². The van der Waals surface area contributed by atoms with Crippen molar-refractivity contribution in [3.63, 3.8) is 0 Å². The molecule has 0 bridgehead atoms. The van der Waals surface area contributed by atoms with Gasteiger partial charge in [0.05, 0.1) is 6.54 Å². The first-order valence-electron chi connectivity index (χ1n) is 7.95. The summed E-state index contributed by atoms with van der Waals surface area (Å²) in [6.45, 7) is 4.88. The first kappa shape index (κ1) is 18.1. The predicted molar refractivity (Wildman–Crippen MR) is 89.0 cm³/mol. The van der Waals surface area contributed by atoms with Crippen molar-refractivity contribution in [3.8, 4) is 0 Å². The van der Waals surface area contributed by atoms with E-state index in [1.165, 1.54) is 23.1 Å². The lowest BCUT2D eigenvalue weighted by Gasteiger charge is -2.38. The molecule has 1 saturated heterocycles. The van der Waals surface area contributed by atoms with E-state index in [0.29, 0.717) is 32.6 Å². The smallest absolute Gasteiger partial charge is 0.246 e. The maximum Gasteiger partial charge on any atom is 0.246 e. The normalized spacial score (nSPS) is 16.2. The molecule has 1 N–H and O–H groups in total. The van der Waals surface area contributed by atoms with E-state index >= 15 is 0 Å². The summed E-state index contributed by atoms with van der Waals surface area (Å²) in [7, 11) is 1.54. The third-order valence-electron chi connectivity index (χ3n) is 4.44. The number of hydrogen-bond donors (Lipinski definition) is 1. The number of carbonyl (C=O) groups excluding carboxylic acids is 2. The molecular weight excluding hydrogens is 311 g/mol. The topological polar surface area (TPSA) is 58.6 Å². The van der Waals surface area contributed by atoms with Crippen LogP contribution >= 0.6 is 0 Å². The van der Waals surface area contributed by atoms with Gasteiger partial charge in [0.25, 0.3) is 0 Å². The number of benzene rings is 1. The summed E-state index contributed by atoms with van der Waals surface area (Å²) in [5.74, 6) is -0.855. The van der Waals surface area contributed by atoms with Gasteiger partial charge < -0.3 is 15.0 Å². The van der Waals surface area contributed by atoms with Crippen LogP contribution in [0.25, 0.3) is 0 Å². The average molecular weight is 334 g/mol. The lowest BCUT2D eigenvalue weighted by Crippen LogP contribution is -2.47. The van der Waals surface area contributed by atoms with Gasteiger partial charge in [0.1, 0.15) is 5.82 Å². The van der Waals surface area contributed by atoms with E-state index in [9.17, 15) is 14.0 Å². The van der Waals surface area contributed by atoms with Gasteiger partial charge in [-0.15, -0.1) is 0 Å². The van der Waals surface area contributed by atoms with Gasteiger partial charge in [-0.25, -0.2) is 4.39 Å². The van der Waals surface area contributed by atoms with Crippen molar-refractivity contribution in [1.82, 2.24) is 10.2 Å². The Morgan fingerprint density at radius 3 is 2.75 bits per heavy atom. The molecule has 2 rings (SSSR count). The molecule has 1 fully saturated rings. The lowest BCUT2D eigenvalue weighted by atomic mass is 9.74. The van der Waals surface area contributed by atoms with Crippen molar-refractivity contribution < 1.29 is 18.7 Å². The van der Waals surface area contributed by atoms with E-state index in [4.69, 9.17) is 4.74 Å². The molecule has 0 aromatic heterocycles. The van der Waals surface area contributed by atoms with Gasteiger partial charge in [-0.05, 0) is 36.6 Å². The molecule has 0 atom stereocenters. The fraction of sp³-hybridized carbons (Fsp3) is 0.444. The quantitative estimate of drug-likeness (QED) is 0.805. The first-order chi connectivity index (χ1) is 11.5. The van der Waals surface area contributed by atoms with Crippen LogP contribution < -0.4 is 5.32 Å². The zero-order valence-electron chi connectivity index (χ0n) is 13.9. The van der Waals surface area contributed by atoms with Crippen LogP contribution in [-0.4, -0.2) is 50.1 Å². The van der Waals surface area contributed by atoms with E-state index in [1.54, 1.807) is 13.1 Å². The fourth-order valence-electron chi connectivity index (χ4n) is 2.92. The van der Waals surface area contributed by atoms with Crippen molar-refractivity contribution >= 4 is 11.8 Å². The highest BCUT2D eigenvalue weighted by Crippen LogP contribution is 2.34. The summed E-state index contributed by atoms with van der Waals surface area (Å²) in [5.41, 5.74) is 0.512. The third kappa shape index (κ3) is 4.41. The Bertz CT molecular complexity index is 612. The molecule has 1 aliphatic rings. The van der Waals surface area contributed by atoms with E-state index in [0.717, 1.165) is 5.56 Å². The van der Waals surface area contributed by atoms with Crippen molar-refractivity contribution in [3.05, 3.63) is 48.3 Å². The number of hydrogen-bond acceptors (Lipinski definition) is 3. The van der Waals surface area contributed by atoms with Gasteiger partial charge in [-0.3, -0.25) is 9.59 Å². The number of nitrogens with zero attached hydrogens (tertiary/aromatic N) is 1. The minimum absolute atomic E-state index is 0.0411. The minimum Gasteiger partial charge on any atom is -0.381 e. The lowest BCUT2D eigenvalue weighted by molar-refractivity contribution is -0.131. The van der Waals surface area contributed by atoms with Crippen LogP contribution in [0.4, 0.5) is 4.39 Å². The Morgan fingerprint density at radius 1 is 1.42 bits per heavy atom. The molecule has 0 spiro atoms. The molecule has 130 valence electrons. The van der Waals surface area contributed by atoms with Gasteiger partial charge in [0, 0.05) is 32.2 Å². The van der Waals surface area contributed by atoms with Crippen molar-refractivity contribution in [2.75, 3.05) is 33.4 Å². The highest BCUT2D eigenvalue weighted by molar-refractivity contribution is 5.90. The zero-order chi connectivity index (χ0) is 17.6. The Morgan fingerprint density at radius 2 is 2.12 bits per heavy atom. The average Bonchev–Trinajstić information content (AvgIpc) is 2.60. The number of rotatable bonds is 6. The molecule has 0 radical (unpaired) electrons. The Kier molecular flexibility index (Phi) is 6.09. The maximum atomic E-state index is 13.6. The number of nitrogens with one attached hydrogen (secondary N) is 1. The maximum absolute atomic E-state index is 13.6. The molecule has 0 saturated carbocycles. The molecule has 6 heteroatoms. The standard InChI is InChI=1S/C18H23FN2O3/c1-3-17(23)21(2)12-16(22)20-13-18(7-9-24-10-8-18)14-5-4-6-15(19)11-14/h3-6,11H,1,7-10,12-13H2,2H3,(H,20,22). The van der Waals surface area contributed by atoms with Gasteiger partial charge in [0.2, 0.25) is 11.8 Å². The number of carbonyl (C=O) groups is 2. The highest BCUT2D eigenvalue weighted by atomic mass is 19.1. The summed E-state index contributed by atoms with van der Waals surface area (Å²) < 4.78 is 19.0. The second-order valence-electron chi connectivity index (χ2n) is 6.08. The second kappa shape index (κ2) is 8.06. The predicted octanol–water partition coefficient (Wildman–Crippen LogP) is 1.63. The Balaban J connectivity index is 2.06. The molecule has 24 heavy (non-hydrogen) atoms. The molecule has 1 aromatic rings. The van der Waals surface area contributed by atoms with Crippen molar-refractivity contribution in [1.29, 1.82) is 0 Å². The molecule has 0 unspecified atom stereocenters. The molecular formula is C18H23FN2O3. The van der Waals surface area contributed by atoms with E-state index < -0.39 is 0 Å². The van der Waals surface area contributed by atoms with Crippen molar-refractivity contribution in [2.24, 2.45) is 0 Å². The number of likely N-dealkylation sites (N-methyl/N-ethyl adjacent to an activating group) is 1. The number of halogens is 1. The Labute approximate surface area is 141 Å². The molecule has 1 aromatic carbocycles. The monoisotopic (exact) mass is 334 g/mol. The van der Waals surface area contributed by atoms with Gasteiger partial charge in [-0.2, -0.15) is 0 Å². The Hall–Kier alpha value is -2.21. The SMILES string of the molecule is C=CC(=O)N(C)CC(=O)NCC1(c2cccc(F)c2)CCOCC1. The van der Waals surface area contributed by atoms with Gasteiger partial charge >= 0.3 is 0 Å². The summed E-state index contributed by atoms with van der Waals surface area (Å²) in [6.07, 6.45) is 2.58. The zero-order valence-corrected chi connectivity index (χ0v) is 13.9. The van der Waals surface area contributed by atoms with Crippen LogP contribution in [0, 0.1) is 5.82 Å². The van der Waals surface area contributed by atoms with Crippen LogP contribution in [0.15, 0.2) is 36.9 Å². The van der Waals surface area contributed by atoms with Crippen molar-refractivity contribution in [2.45, 2.75) is 18.3 Å². The molecule has 2 amide bonds. The summed E-state index contributed by atoms with van der Waals surface area (Å²) >= 11 is 0. The van der Waals surface area contributed by atoms with E-state index in [2.05, 4.69) is 11.9 Å². The largest absolute Gasteiger partial charge is 0.381 e. The fourth-order valence-corrected chi connectivity index (χ4v) is 2.92. The van der Waals surface area contributed by atoms with Crippen LogP contribution in [-0.2, 0) is 19.7 Å². The number of ether oxygens (including phenoxy) is 1. The van der Waals surface area contributed by atoms with E-state index in [1.807, 2.05) is 6.07 Å². The number of amides is 2. The molecule has 0 aliphatic carbocycles. The molecule has 1 heterocycles. The van der Waals surface area contributed by atoms with Crippen LogP contribution in [0.1, 0.15) is 18.4 Å². The summed E-state index contributed by atoms with van der Waals surface area (Å²) in [6, 6.07) is 6.49. The minimum atomic E-state index is -0.350. The van der Waals surface area contributed by atoms with E-state index in [-0.39, 0.29) is 29.6 Å². The van der Waals surface area contributed by atoms with Gasteiger partial charge in [-0.1, -0.05) is 18.7 Å². The second-order valence-corrected chi connectivity index (χ2v) is 6.08. The molecule has 1 aliphatic heterocycles. The summed E-state index contributed by atoms with van der Waals surface area (Å²) in [5, 5.41) is 2.88. The van der Waals surface area contributed by atoms with Crippen LogP contribution in [0.3, 0.4) is 0 Å². The first-order valence-corrected chi connectivity index (χ1v) is 7.95. The molecule has 5 nitrogen and oxygen atoms in total.